The molecule has 11 heteroatoms. The second kappa shape index (κ2) is 10.2. The number of carbonyl (C=O) groups is 3. The molecule has 0 atom stereocenters. The van der Waals surface area contributed by atoms with E-state index in [0.29, 0.717) is 54.5 Å². The number of azo groups is 1. The van der Waals surface area contributed by atoms with Crippen molar-refractivity contribution in [1.82, 2.24) is 9.80 Å². The minimum Gasteiger partial charge on any atom is -0.507 e. The molecular weight excluding hydrogens is 468 g/mol. The van der Waals surface area contributed by atoms with E-state index in [0.717, 1.165) is 4.90 Å². The minimum atomic E-state index is -0.589. The van der Waals surface area contributed by atoms with Crippen molar-refractivity contribution in [3.63, 3.8) is 0 Å². The molecule has 4 rings (SSSR count). The van der Waals surface area contributed by atoms with Gasteiger partial charge >= 0.3 is 0 Å². The number of thioether (sulfide) groups is 1. The normalized spacial score (nSPS) is 18.0. The third-order valence-electron chi connectivity index (χ3n) is 4.95. The van der Waals surface area contributed by atoms with Crippen LogP contribution in [0.15, 0.2) is 57.6 Å². The van der Waals surface area contributed by atoms with Crippen LogP contribution in [-0.4, -0.2) is 64.8 Å². The first-order valence-corrected chi connectivity index (χ1v) is 11.2. The van der Waals surface area contributed by atoms with Crippen molar-refractivity contribution >= 4 is 57.9 Å². The van der Waals surface area contributed by atoms with Crippen LogP contribution in [0.1, 0.15) is 5.56 Å². The molecule has 0 spiro atoms. The summed E-state index contributed by atoms with van der Waals surface area (Å²) in [6.07, 6.45) is 1.40. The first-order valence-electron chi connectivity index (χ1n) is 10.0. The van der Waals surface area contributed by atoms with Crippen molar-refractivity contribution in [2.45, 2.75) is 0 Å². The number of phenolic OH excluding ortho intramolecular Hbond substituents is 1. The molecule has 2 aliphatic rings. The Balaban J connectivity index is 1.50. The smallest absolute Gasteiger partial charge is 0.294 e. The van der Waals surface area contributed by atoms with Gasteiger partial charge in [0.05, 0.1) is 28.8 Å². The van der Waals surface area contributed by atoms with Gasteiger partial charge in [-0.15, -0.1) is 5.11 Å². The van der Waals surface area contributed by atoms with E-state index in [4.69, 9.17) is 16.3 Å². The fraction of sp³-hybridized carbons (Fsp3) is 0.227. The van der Waals surface area contributed by atoms with E-state index in [1.165, 1.54) is 18.2 Å². The van der Waals surface area contributed by atoms with Crippen molar-refractivity contribution in [3.05, 3.63) is 58.0 Å². The second-order valence-corrected chi connectivity index (χ2v) is 8.56. The number of nitrogens with zero attached hydrogens (tertiary/aromatic N) is 4. The first kappa shape index (κ1) is 23.0. The number of imide groups is 1. The van der Waals surface area contributed by atoms with E-state index >= 15 is 0 Å². The largest absolute Gasteiger partial charge is 0.507 e. The molecule has 2 aliphatic heterocycles. The quantitative estimate of drug-likeness (QED) is 0.496. The van der Waals surface area contributed by atoms with Crippen LogP contribution in [0.2, 0.25) is 5.02 Å². The lowest BCUT2D eigenvalue weighted by atomic mass is 10.1. The predicted octanol–water partition coefficient (Wildman–Crippen LogP) is 4.36. The topological polar surface area (TPSA) is 112 Å². The molecule has 2 aromatic carbocycles. The summed E-state index contributed by atoms with van der Waals surface area (Å²) >= 11 is 6.79. The summed E-state index contributed by atoms with van der Waals surface area (Å²) in [6.45, 7) is 1.37. The third kappa shape index (κ3) is 5.41. The maximum absolute atomic E-state index is 12.8. The Morgan fingerprint density at radius 2 is 1.91 bits per heavy atom. The number of morpholine rings is 1. The van der Waals surface area contributed by atoms with E-state index in [9.17, 15) is 19.5 Å². The van der Waals surface area contributed by atoms with Crippen LogP contribution in [0, 0.1) is 0 Å². The van der Waals surface area contributed by atoms with Gasteiger partial charge in [0.15, 0.2) is 0 Å². The van der Waals surface area contributed by atoms with Crippen molar-refractivity contribution in [1.29, 1.82) is 0 Å². The number of rotatable bonds is 5. The van der Waals surface area contributed by atoms with Gasteiger partial charge in [0.25, 0.3) is 11.1 Å². The summed E-state index contributed by atoms with van der Waals surface area (Å²) in [5, 5.41) is 18.4. The van der Waals surface area contributed by atoms with Crippen LogP contribution in [0.25, 0.3) is 6.08 Å². The maximum Gasteiger partial charge on any atom is 0.294 e. The number of hydrogen-bond donors (Lipinski definition) is 1. The fourth-order valence-electron chi connectivity index (χ4n) is 3.19. The minimum absolute atomic E-state index is 0.0946. The number of benzene rings is 2. The second-order valence-electron chi connectivity index (χ2n) is 7.16. The Hall–Kier alpha value is -3.21. The zero-order valence-corrected chi connectivity index (χ0v) is 18.9. The van der Waals surface area contributed by atoms with Crippen molar-refractivity contribution in [2.24, 2.45) is 10.2 Å². The highest BCUT2D eigenvalue weighted by atomic mass is 35.5. The number of aromatic hydroxyl groups is 1. The zero-order valence-electron chi connectivity index (χ0n) is 17.3. The van der Waals surface area contributed by atoms with E-state index in [1.54, 1.807) is 35.2 Å². The van der Waals surface area contributed by atoms with Crippen LogP contribution in [0.5, 0.6) is 5.75 Å². The van der Waals surface area contributed by atoms with Gasteiger partial charge in [0, 0.05) is 18.7 Å². The maximum atomic E-state index is 12.8. The lowest BCUT2D eigenvalue weighted by molar-refractivity contribution is -0.139. The van der Waals surface area contributed by atoms with E-state index in [2.05, 4.69) is 10.2 Å². The number of halogens is 1. The van der Waals surface area contributed by atoms with E-state index in [1.807, 2.05) is 0 Å². The summed E-state index contributed by atoms with van der Waals surface area (Å²) in [5.74, 6) is -0.997. The van der Waals surface area contributed by atoms with Gasteiger partial charge in [-0.25, -0.2) is 0 Å². The predicted molar refractivity (Wildman–Crippen MR) is 124 cm³/mol. The average Bonchev–Trinajstić information content (AvgIpc) is 3.08. The van der Waals surface area contributed by atoms with E-state index < -0.39 is 11.1 Å². The van der Waals surface area contributed by atoms with Crippen molar-refractivity contribution < 1.29 is 24.2 Å². The first-order chi connectivity index (χ1) is 15.9. The molecule has 2 aromatic rings. The highest BCUT2D eigenvalue weighted by Gasteiger charge is 2.37. The number of ether oxygens (including phenoxy) is 1. The molecule has 0 aromatic heterocycles. The molecule has 3 amide bonds. The molecule has 0 unspecified atom stereocenters. The van der Waals surface area contributed by atoms with Gasteiger partial charge < -0.3 is 14.7 Å². The van der Waals surface area contributed by atoms with E-state index in [-0.39, 0.29) is 28.7 Å². The van der Waals surface area contributed by atoms with Gasteiger partial charge in [-0.05, 0) is 48.2 Å². The summed E-state index contributed by atoms with van der Waals surface area (Å²) in [7, 11) is 0. The summed E-state index contributed by atoms with van der Waals surface area (Å²) < 4.78 is 5.22. The van der Waals surface area contributed by atoms with Gasteiger partial charge in [-0.2, -0.15) is 5.11 Å². The number of hydrogen-bond acceptors (Lipinski definition) is 8. The molecule has 2 heterocycles. The molecular formula is C22H19ClN4O5S. The molecule has 33 heavy (non-hydrogen) atoms. The summed E-state index contributed by atoms with van der Waals surface area (Å²) in [4.78, 5) is 40.2. The van der Waals surface area contributed by atoms with Gasteiger partial charge in [0.2, 0.25) is 5.91 Å². The lowest BCUT2D eigenvalue weighted by Crippen LogP contribution is -2.46. The van der Waals surface area contributed by atoms with Crippen LogP contribution in [0.4, 0.5) is 16.2 Å². The monoisotopic (exact) mass is 486 g/mol. The van der Waals surface area contributed by atoms with Crippen LogP contribution in [0.3, 0.4) is 0 Å². The molecule has 0 bridgehead atoms. The molecule has 170 valence electrons. The van der Waals surface area contributed by atoms with Crippen molar-refractivity contribution in [2.75, 3.05) is 32.8 Å². The number of amides is 3. The molecule has 0 radical (unpaired) electrons. The molecule has 9 nitrogen and oxygen atoms in total. The molecule has 0 saturated carbocycles. The fourth-order valence-corrected chi connectivity index (χ4v) is 4.19. The Morgan fingerprint density at radius 3 is 2.67 bits per heavy atom. The standard InChI is InChI=1S/C22H19ClN4O5S/c23-16-3-1-2-4-17(16)25-24-15-5-6-18(28)14(11-15)12-19-21(30)27(22(31)33-19)13-20(29)26-7-9-32-10-8-26/h1-6,11-12,28H,7-10,13H2/b19-12-,25-24?. The zero-order chi connectivity index (χ0) is 23.4. The van der Waals surface area contributed by atoms with Crippen LogP contribution in [-0.2, 0) is 14.3 Å². The van der Waals surface area contributed by atoms with Crippen LogP contribution >= 0.6 is 23.4 Å². The molecule has 0 aliphatic carbocycles. The lowest BCUT2D eigenvalue weighted by Gasteiger charge is -2.28. The van der Waals surface area contributed by atoms with Crippen molar-refractivity contribution in [3.8, 4) is 5.75 Å². The third-order valence-corrected chi connectivity index (χ3v) is 6.18. The highest BCUT2D eigenvalue weighted by molar-refractivity contribution is 8.18. The number of carbonyl (C=O) groups excluding carboxylic acids is 3. The Labute approximate surface area is 198 Å². The summed E-state index contributed by atoms with van der Waals surface area (Å²) in [5.41, 5.74) is 1.19. The summed E-state index contributed by atoms with van der Waals surface area (Å²) in [6, 6.07) is 11.5. The Morgan fingerprint density at radius 1 is 1.15 bits per heavy atom. The highest BCUT2D eigenvalue weighted by Crippen LogP contribution is 2.35. The number of phenols is 1. The average molecular weight is 487 g/mol. The van der Waals surface area contributed by atoms with Gasteiger partial charge in [-0.3, -0.25) is 19.3 Å². The molecule has 1 N–H and O–H groups in total. The molecule has 2 fully saturated rings. The van der Waals surface area contributed by atoms with Crippen LogP contribution < -0.4 is 0 Å². The Bertz CT molecular complexity index is 1160. The van der Waals surface area contributed by atoms with Gasteiger partial charge in [0.1, 0.15) is 18.0 Å². The SMILES string of the molecule is O=C(CN1C(=O)S/C(=C\c2cc(N=Nc3ccccc3Cl)ccc2O)C1=O)N1CCOCC1. The molecule has 2 saturated heterocycles. The Kier molecular flexibility index (Phi) is 7.07. The van der Waals surface area contributed by atoms with Gasteiger partial charge in [-0.1, -0.05) is 23.7 Å².